The molecule has 2 atom stereocenters. The zero-order valence-electron chi connectivity index (χ0n) is 12.0. The monoisotopic (exact) mass is 277 g/mol. The SMILES string of the molecule is CC(c1cccc(O)c1)N1CCCC(CCC(=O)O)C1. The molecule has 0 radical (unpaired) electrons. The number of benzene rings is 1. The van der Waals surface area contributed by atoms with Gasteiger partial charge in [-0.1, -0.05) is 12.1 Å². The summed E-state index contributed by atoms with van der Waals surface area (Å²) in [5.41, 5.74) is 1.11. The van der Waals surface area contributed by atoms with Crippen molar-refractivity contribution >= 4 is 5.97 Å². The molecule has 1 saturated heterocycles. The molecule has 0 saturated carbocycles. The van der Waals surface area contributed by atoms with E-state index < -0.39 is 5.97 Å². The highest BCUT2D eigenvalue weighted by Crippen LogP contribution is 2.29. The molecule has 0 aromatic heterocycles. The molecule has 1 aliphatic rings. The molecule has 110 valence electrons. The van der Waals surface area contributed by atoms with E-state index in [9.17, 15) is 9.90 Å². The number of aromatic hydroxyl groups is 1. The Balaban J connectivity index is 1.96. The minimum Gasteiger partial charge on any atom is -0.508 e. The van der Waals surface area contributed by atoms with Gasteiger partial charge < -0.3 is 10.2 Å². The molecule has 1 heterocycles. The molecule has 20 heavy (non-hydrogen) atoms. The third-order valence-electron chi connectivity index (χ3n) is 4.22. The summed E-state index contributed by atoms with van der Waals surface area (Å²) in [6.45, 7) is 4.14. The third-order valence-corrected chi connectivity index (χ3v) is 4.22. The number of nitrogens with zero attached hydrogens (tertiary/aromatic N) is 1. The van der Waals surface area contributed by atoms with Crippen molar-refractivity contribution in [3.05, 3.63) is 29.8 Å². The zero-order valence-corrected chi connectivity index (χ0v) is 12.0. The highest BCUT2D eigenvalue weighted by Gasteiger charge is 2.24. The van der Waals surface area contributed by atoms with E-state index in [-0.39, 0.29) is 12.5 Å². The second-order valence-corrected chi connectivity index (χ2v) is 5.71. The van der Waals surface area contributed by atoms with Gasteiger partial charge in [-0.3, -0.25) is 9.69 Å². The maximum absolute atomic E-state index is 10.7. The number of carboxylic acid groups (broad SMARTS) is 1. The Morgan fingerprint density at radius 2 is 2.30 bits per heavy atom. The van der Waals surface area contributed by atoms with E-state index in [0.717, 1.165) is 37.9 Å². The normalized spacial score (nSPS) is 21.6. The lowest BCUT2D eigenvalue weighted by molar-refractivity contribution is -0.137. The fourth-order valence-electron chi connectivity index (χ4n) is 3.01. The van der Waals surface area contributed by atoms with Crippen LogP contribution in [0.15, 0.2) is 24.3 Å². The number of aliphatic carboxylic acids is 1. The molecule has 0 aliphatic carbocycles. The van der Waals surface area contributed by atoms with E-state index >= 15 is 0 Å². The molecule has 0 amide bonds. The van der Waals surface area contributed by atoms with E-state index in [4.69, 9.17) is 5.11 Å². The smallest absolute Gasteiger partial charge is 0.303 e. The van der Waals surface area contributed by atoms with Crippen LogP contribution >= 0.6 is 0 Å². The summed E-state index contributed by atoms with van der Waals surface area (Å²) in [6, 6.07) is 7.65. The van der Waals surface area contributed by atoms with Crippen LogP contribution in [0.2, 0.25) is 0 Å². The van der Waals surface area contributed by atoms with Crippen molar-refractivity contribution in [2.24, 2.45) is 5.92 Å². The van der Waals surface area contributed by atoms with E-state index in [2.05, 4.69) is 11.8 Å². The first-order valence-electron chi connectivity index (χ1n) is 7.31. The lowest BCUT2D eigenvalue weighted by Gasteiger charge is -2.37. The molecule has 1 aromatic rings. The summed E-state index contributed by atoms with van der Waals surface area (Å²) in [5.74, 6) is 0.0662. The number of hydrogen-bond donors (Lipinski definition) is 2. The van der Waals surface area contributed by atoms with E-state index in [1.807, 2.05) is 18.2 Å². The van der Waals surface area contributed by atoms with Gasteiger partial charge in [-0.25, -0.2) is 0 Å². The third kappa shape index (κ3) is 3.97. The number of phenols is 1. The average molecular weight is 277 g/mol. The van der Waals surface area contributed by atoms with Gasteiger partial charge in [0.15, 0.2) is 0 Å². The molecule has 0 bridgehead atoms. The molecule has 1 aromatic carbocycles. The minimum atomic E-state index is -0.705. The fraction of sp³-hybridized carbons (Fsp3) is 0.562. The standard InChI is InChI=1S/C16H23NO3/c1-12(14-5-2-6-15(18)10-14)17-9-3-4-13(11-17)7-8-16(19)20/h2,5-6,10,12-13,18H,3-4,7-9,11H2,1H3,(H,19,20). The van der Waals surface area contributed by atoms with Gasteiger partial charge in [-0.2, -0.15) is 0 Å². The zero-order chi connectivity index (χ0) is 14.5. The maximum Gasteiger partial charge on any atom is 0.303 e. The molecule has 2 rings (SSSR count). The Labute approximate surface area is 120 Å². The first-order chi connectivity index (χ1) is 9.56. The lowest BCUT2D eigenvalue weighted by atomic mass is 9.91. The van der Waals surface area contributed by atoms with Crippen LogP contribution in [-0.2, 0) is 4.79 Å². The predicted octanol–water partition coefficient (Wildman–Crippen LogP) is 3.03. The van der Waals surface area contributed by atoms with Crippen molar-refractivity contribution in [1.29, 1.82) is 0 Å². The minimum absolute atomic E-state index is 0.259. The number of carbonyl (C=O) groups is 1. The second-order valence-electron chi connectivity index (χ2n) is 5.71. The van der Waals surface area contributed by atoms with Gasteiger partial charge in [0.1, 0.15) is 5.75 Å². The number of rotatable bonds is 5. The van der Waals surface area contributed by atoms with Crippen LogP contribution < -0.4 is 0 Å². The van der Waals surface area contributed by atoms with Gasteiger partial charge in [0.25, 0.3) is 0 Å². The van der Waals surface area contributed by atoms with Gasteiger partial charge in [-0.05, 0) is 56.3 Å². The second kappa shape index (κ2) is 6.75. The van der Waals surface area contributed by atoms with Crippen molar-refractivity contribution in [3.8, 4) is 5.75 Å². The molecular formula is C16H23NO3. The number of hydrogen-bond acceptors (Lipinski definition) is 3. The average Bonchev–Trinajstić information content (AvgIpc) is 2.44. The van der Waals surface area contributed by atoms with Crippen LogP contribution in [0.4, 0.5) is 0 Å². The molecule has 2 N–H and O–H groups in total. The van der Waals surface area contributed by atoms with Crippen molar-refractivity contribution in [2.75, 3.05) is 13.1 Å². The Morgan fingerprint density at radius 1 is 1.50 bits per heavy atom. The van der Waals surface area contributed by atoms with Crippen LogP contribution in [-0.4, -0.2) is 34.2 Å². The maximum atomic E-state index is 10.7. The number of piperidine rings is 1. The first-order valence-corrected chi connectivity index (χ1v) is 7.31. The van der Waals surface area contributed by atoms with Gasteiger partial charge in [0, 0.05) is 19.0 Å². The summed E-state index contributed by atoms with van der Waals surface area (Å²) in [7, 11) is 0. The highest BCUT2D eigenvalue weighted by atomic mass is 16.4. The van der Waals surface area contributed by atoms with Crippen LogP contribution in [0.1, 0.15) is 44.2 Å². The van der Waals surface area contributed by atoms with E-state index in [0.29, 0.717) is 11.7 Å². The van der Waals surface area contributed by atoms with Crippen LogP contribution in [0.3, 0.4) is 0 Å². The Kier molecular flexibility index (Phi) is 5.01. The van der Waals surface area contributed by atoms with Crippen LogP contribution in [0, 0.1) is 5.92 Å². The Morgan fingerprint density at radius 3 is 3.00 bits per heavy atom. The van der Waals surface area contributed by atoms with Crippen molar-refractivity contribution < 1.29 is 15.0 Å². The van der Waals surface area contributed by atoms with E-state index in [1.165, 1.54) is 0 Å². The van der Waals surface area contributed by atoms with Crippen molar-refractivity contribution in [2.45, 2.75) is 38.6 Å². The lowest BCUT2D eigenvalue weighted by Crippen LogP contribution is -2.37. The number of likely N-dealkylation sites (tertiary alicyclic amines) is 1. The molecular weight excluding hydrogens is 254 g/mol. The number of phenolic OH excluding ortho intramolecular Hbond substituents is 1. The van der Waals surface area contributed by atoms with Crippen molar-refractivity contribution in [3.63, 3.8) is 0 Å². The molecule has 1 fully saturated rings. The van der Waals surface area contributed by atoms with Crippen molar-refractivity contribution in [1.82, 2.24) is 4.90 Å². The topological polar surface area (TPSA) is 60.8 Å². The van der Waals surface area contributed by atoms with Crippen LogP contribution in [0.5, 0.6) is 5.75 Å². The van der Waals surface area contributed by atoms with E-state index in [1.54, 1.807) is 6.07 Å². The van der Waals surface area contributed by atoms with Crippen LogP contribution in [0.25, 0.3) is 0 Å². The molecule has 2 unspecified atom stereocenters. The molecule has 4 nitrogen and oxygen atoms in total. The Bertz CT molecular complexity index is 461. The Hall–Kier alpha value is -1.55. The summed E-state index contributed by atoms with van der Waals surface area (Å²) in [4.78, 5) is 13.1. The quantitative estimate of drug-likeness (QED) is 0.868. The van der Waals surface area contributed by atoms with Gasteiger partial charge in [-0.15, -0.1) is 0 Å². The highest BCUT2D eigenvalue weighted by molar-refractivity contribution is 5.66. The van der Waals surface area contributed by atoms with Gasteiger partial charge >= 0.3 is 5.97 Å². The van der Waals surface area contributed by atoms with Gasteiger partial charge in [0.2, 0.25) is 0 Å². The summed E-state index contributed by atoms with van der Waals surface area (Å²) < 4.78 is 0. The largest absolute Gasteiger partial charge is 0.508 e. The van der Waals surface area contributed by atoms with Gasteiger partial charge in [0.05, 0.1) is 0 Å². The summed E-state index contributed by atoms with van der Waals surface area (Å²) in [5, 5.41) is 18.4. The summed E-state index contributed by atoms with van der Waals surface area (Å²) in [6.07, 6.45) is 3.27. The molecule has 1 aliphatic heterocycles. The first kappa shape index (κ1) is 14.9. The predicted molar refractivity (Wildman–Crippen MR) is 77.7 cm³/mol. The molecule has 0 spiro atoms. The fourth-order valence-corrected chi connectivity index (χ4v) is 3.01. The number of carboxylic acids is 1. The summed E-state index contributed by atoms with van der Waals surface area (Å²) >= 11 is 0. The molecule has 4 heteroatoms.